The van der Waals surface area contributed by atoms with Gasteiger partial charge in [0.25, 0.3) is 10.1 Å². The van der Waals surface area contributed by atoms with E-state index in [1.165, 1.54) is 0 Å². The Bertz CT molecular complexity index is 365. The second-order valence-electron chi connectivity index (χ2n) is 5.00. The topological polar surface area (TPSA) is 81.7 Å². The zero-order valence-corrected chi connectivity index (χ0v) is 11.2. The van der Waals surface area contributed by atoms with Crippen LogP contribution in [0.3, 0.4) is 0 Å². The Labute approximate surface area is 102 Å². The zero-order valence-electron chi connectivity index (χ0n) is 10.4. The highest BCUT2D eigenvalue weighted by Gasteiger charge is 2.27. The lowest BCUT2D eigenvalue weighted by molar-refractivity contribution is -0.151. The summed E-state index contributed by atoms with van der Waals surface area (Å²) < 4.78 is 32.9. The molecule has 0 aromatic carbocycles. The van der Waals surface area contributed by atoms with E-state index >= 15 is 0 Å². The molecule has 0 aromatic heterocycles. The van der Waals surface area contributed by atoms with Crippen LogP contribution in [0, 0.1) is 0 Å². The van der Waals surface area contributed by atoms with Crippen molar-refractivity contribution >= 4 is 16.1 Å². The normalized spacial score (nSPS) is 21.5. The van der Waals surface area contributed by atoms with Crippen LogP contribution in [0.5, 0.6) is 0 Å². The first-order valence-electron chi connectivity index (χ1n) is 5.51. The standard InChI is InChI=1S/C10H19NO5S/c1-10(2,3)15-9(12)7-17(13,14)16-8-4-5-11-6-8/h8,11H,4-7H2,1-3H3/t8-/m1/s1. The van der Waals surface area contributed by atoms with Crippen LogP contribution in [0.15, 0.2) is 0 Å². The lowest BCUT2D eigenvalue weighted by atomic mass is 10.2. The molecule has 1 aliphatic heterocycles. The zero-order chi connectivity index (χ0) is 13.1. The van der Waals surface area contributed by atoms with Crippen molar-refractivity contribution in [3.05, 3.63) is 0 Å². The molecule has 0 radical (unpaired) electrons. The largest absolute Gasteiger partial charge is 0.459 e. The average Bonchev–Trinajstić information content (AvgIpc) is 2.49. The monoisotopic (exact) mass is 265 g/mol. The fourth-order valence-corrected chi connectivity index (χ4v) is 2.46. The maximum Gasteiger partial charge on any atom is 0.324 e. The van der Waals surface area contributed by atoms with Crippen molar-refractivity contribution in [1.82, 2.24) is 5.32 Å². The minimum Gasteiger partial charge on any atom is -0.459 e. The van der Waals surface area contributed by atoms with Gasteiger partial charge in [-0.1, -0.05) is 0 Å². The molecule has 1 fully saturated rings. The molecule has 7 heteroatoms. The number of rotatable bonds is 4. The molecular weight excluding hydrogens is 246 g/mol. The summed E-state index contributed by atoms with van der Waals surface area (Å²) in [5.41, 5.74) is -0.693. The average molecular weight is 265 g/mol. The molecule has 0 spiro atoms. The molecule has 0 amide bonds. The Morgan fingerprint density at radius 1 is 1.41 bits per heavy atom. The first-order chi connectivity index (χ1) is 7.68. The molecule has 1 heterocycles. The quantitative estimate of drug-likeness (QED) is 0.571. The fraction of sp³-hybridized carbons (Fsp3) is 0.900. The van der Waals surface area contributed by atoms with E-state index in [4.69, 9.17) is 8.92 Å². The van der Waals surface area contributed by atoms with Crippen molar-refractivity contribution in [3.63, 3.8) is 0 Å². The van der Waals surface area contributed by atoms with Crippen molar-refractivity contribution in [1.29, 1.82) is 0 Å². The Morgan fingerprint density at radius 3 is 2.53 bits per heavy atom. The van der Waals surface area contributed by atoms with E-state index in [9.17, 15) is 13.2 Å². The van der Waals surface area contributed by atoms with Gasteiger partial charge >= 0.3 is 5.97 Å². The van der Waals surface area contributed by atoms with Gasteiger partial charge in [-0.15, -0.1) is 0 Å². The van der Waals surface area contributed by atoms with Gasteiger partial charge in [-0.2, -0.15) is 8.42 Å². The summed E-state index contributed by atoms with van der Waals surface area (Å²) in [6, 6.07) is 0. The summed E-state index contributed by atoms with van der Waals surface area (Å²) >= 11 is 0. The first-order valence-corrected chi connectivity index (χ1v) is 7.09. The maximum absolute atomic E-state index is 11.5. The molecule has 0 aliphatic carbocycles. The molecule has 1 rings (SSSR count). The van der Waals surface area contributed by atoms with Crippen molar-refractivity contribution in [2.24, 2.45) is 0 Å². The van der Waals surface area contributed by atoms with Gasteiger partial charge in [-0.05, 0) is 33.7 Å². The maximum atomic E-state index is 11.5. The summed E-state index contributed by atoms with van der Waals surface area (Å²) in [7, 11) is -3.85. The third kappa shape index (κ3) is 5.99. The summed E-state index contributed by atoms with van der Waals surface area (Å²) in [6.45, 7) is 6.26. The fourth-order valence-electron chi connectivity index (χ4n) is 1.47. The van der Waals surface area contributed by atoms with Gasteiger partial charge in [0.1, 0.15) is 5.60 Å². The molecule has 0 aromatic rings. The lowest BCUT2D eigenvalue weighted by Crippen LogP contribution is -2.31. The molecular formula is C10H19NO5S. The van der Waals surface area contributed by atoms with Gasteiger partial charge in [-0.3, -0.25) is 8.98 Å². The van der Waals surface area contributed by atoms with Crippen LogP contribution in [0.1, 0.15) is 27.2 Å². The molecule has 17 heavy (non-hydrogen) atoms. The SMILES string of the molecule is CC(C)(C)OC(=O)CS(=O)(=O)O[C@@H]1CCNC1. The van der Waals surface area contributed by atoms with E-state index in [0.717, 1.165) is 6.54 Å². The third-order valence-corrected chi connectivity index (χ3v) is 3.17. The molecule has 1 atom stereocenters. The minimum atomic E-state index is -3.85. The number of hydrogen-bond acceptors (Lipinski definition) is 6. The second-order valence-corrected chi connectivity index (χ2v) is 6.60. The highest BCUT2D eigenvalue weighted by molar-refractivity contribution is 7.87. The summed E-state index contributed by atoms with van der Waals surface area (Å²) in [5.74, 6) is -1.52. The van der Waals surface area contributed by atoms with Gasteiger partial charge in [0.2, 0.25) is 0 Å². The molecule has 1 saturated heterocycles. The number of hydrogen-bond donors (Lipinski definition) is 1. The van der Waals surface area contributed by atoms with E-state index in [0.29, 0.717) is 13.0 Å². The van der Waals surface area contributed by atoms with E-state index in [1.807, 2.05) is 0 Å². The number of nitrogens with one attached hydrogen (secondary N) is 1. The summed E-state index contributed by atoms with van der Waals surface area (Å²) in [4.78, 5) is 11.4. The molecule has 100 valence electrons. The minimum absolute atomic E-state index is 0.373. The van der Waals surface area contributed by atoms with Crippen LogP contribution in [0.4, 0.5) is 0 Å². The van der Waals surface area contributed by atoms with Crippen molar-refractivity contribution in [3.8, 4) is 0 Å². The lowest BCUT2D eigenvalue weighted by Gasteiger charge is -2.19. The predicted molar refractivity (Wildman–Crippen MR) is 62.0 cm³/mol. The predicted octanol–water partition coefficient (Wildman–Crippen LogP) is 0.0364. The van der Waals surface area contributed by atoms with E-state index in [2.05, 4.69) is 5.32 Å². The van der Waals surface area contributed by atoms with Gasteiger partial charge in [0.15, 0.2) is 5.75 Å². The molecule has 0 unspecified atom stereocenters. The molecule has 6 nitrogen and oxygen atoms in total. The van der Waals surface area contributed by atoms with Crippen LogP contribution < -0.4 is 5.32 Å². The first kappa shape index (κ1) is 14.4. The second kappa shape index (κ2) is 5.32. The molecule has 0 saturated carbocycles. The van der Waals surface area contributed by atoms with E-state index < -0.39 is 27.4 Å². The van der Waals surface area contributed by atoms with Gasteiger partial charge in [0, 0.05) is 6.54 Å². The summed E-state index contributed by atoms with van der Waals surface area (Å²) in [6.07, 6.45) is 0.260. The highest BCUT2D eigenvalue weighted by Crippen LogP contribution is 2.11. The Hall–Kier alpha value is -0.660. The van der Waals surface area contributed by atoms with Gasteiger partial charge in [-0.25, -0.2) is 0 Å². The van der Waals surface area contributed by atoms with Crippen LogP contribution >= 0.6 is 0 Å². The number of carbonyl (C=O) groups excluding carboxylic acids is 1. The third-order valence-electron chi connectivity index (χ3n) is 2.01. The van der Waals surface area contributed by atoms with E-state index in [-0.39, 0.29) is 6.10 Å². The van der Waals surface area contributed by atoms with Crippen LogP contribution in [-0.2, 0) is 23.8 Å². The van der Waals surface area contributed by atoms with Crippen LogP contribution in [0.2, 0.25) is 0 Å². The number of ether oxygens (including phenoxy) is 1. The smallest absolute Gasteiger partial charge is 0.324 e. The van der Waals surface area contributed by atoms with Crippen LogP contribution in [0.25, 0.3) is 0 Å². The Balaban J connectivity index is 2.45. The van der Waals surface area contributed by atoms with Gasteiger partial charge < -0.3 is 10.1 Å². The van der Waals surface area contributed by atoms with Gasteiger partial charge in [0.05, 0.1) is 6.10 Å². The molecule has 0 bridgehead atoms. The van der Waals surface area contributed by atoms with Crippen LogP contribution in [-0.4, -0.2) is 44.9 Å². The number of carbonyl (C=O) groups is 1. The molecule has 1 aliphatic rings. The van der Waals surface area contributed by atoms with E-state index in [1.54, 1.807) is 20.8 Å². The summed E-state index contributed by atoms with van der Waals surface area (Å²) in [5, 5.41) is 2.98. The molecule has 1 N–H and O–H groups in total. The van der Waals surface area contributed by atoms with Crippen molar-refractivity contribution in [2.75, 3.05) is 18.8 Å². The van der Waals surface area contributed by atoms with Crippen molar-refractivity contribution < 1.29 is 22.1 Å². The highest BCUT2D eigenvalue weighted by atomic mass is 32.2. The Kier molecular flexibility index (Phi) is 4.51. The number of esters is 1. The Morgan fingerprint density at radius 2 is 2.06 bits per heavy atom. The van der Waals surface area contributed by atoms with Crippen molar-refractivity contribution in [2.45, 2.75) is 38.9 Å².